The van der Waals surface area contributed by atoms with Gasteiger partial charge < -0.3 is 10.4 Å². The summed E-state index contributed by atoms with van der Waals surface area (Å²) in [4.78, 5) is 0. The fourth-order valence-corrected chi connectivity index (χ4v) is 0.582. The number of rotatable bonds is 4. The van der Waals surface area contributed by atoms with Crippen LogP contribution in [0.15, 0.2) is 12.2 Å². The molecule has 0 bridgehead atoms. The Balaban J connectivity index is 3.15. The van der Waals surface area contributed by atoms with E-state index in [0.717, 1.165) is 6.54 Å². The van der Waals surface area contributed by atoms with E-state index in [9.17, 15) is 0 Å². The van der Waals surface area contributed by atoms with E-state index in [2.05, 4.69) is 5.32 Å². The fraction of sp³-hybridized carbons (Fsp3) is 0.714. The maximum absolute atomic E-state index is 9.03. The summed E-state index contributed by atoms with van der Waals surface area (Å²) in [5, 5.41) is 12.1. The quantitative estimate of drug-likeness (QED) is 0.543. The minimum Gasteiger partial charge on any atom is -0.388 e. The highest BCUT2D eigenvalue weighted by Crippen LogP contribution is 1.81. The van der Waals surface area contributed by atoms with Gasteiger partial charge in [0, 0.05) is 6.54 Å². The first-order chi connectivity index (χ1) is 4.31. The highest BCUT2D eigenvalue weighted by Gasteiger charge is 1.93. The average Bonchev–Trinajstić information content (AvgIpc) is 1.85. The van der Waals surface area contributed by atoms with Gasteiger partial charge in [-0.2, -0.15) is 0 Å². The van der Waals surface area contributed by atoms with Crippen LogP contribution in [-0.2, 0) is 0 Å². The van der Waals surface area contributed by atoms with Crippen molar-refractivity contribution in [3.63, 3.8) is 0 Å². The molecule has 0 aliphatic rings. The molecule has 2 heteroatoms. The molecule has 0 spiro atoms. The normalized spacial score (nSPS) is 14.6. The molecule has 0 aromatic heterocycles. The Kier molecular flexibility index (Phi) is 5.57. The third-order valence-electron chi connectivity index (χ3n) is 1.02. The lowest BCUT2D eigenvalue weighted by atomic mass is 10.3. The van der Waals surface area contributed by atoms with Gasteiger partial charge in [-0.3, -0.25) is 0 Å². The zero-order valence-electron chi connectivity index (χ0n) is 6.09. The molecule has 0 aromatic carbocycles. The molecule has 0 saturated carbocycles. The molecule has 0 aliphatic carbocycles. The lowest BCUT2D eigenvalue weighted by Crippen LogP contribution is -2.24. The zero-order chi connectivity index (χ0) is 7.11. The van der Waals surface area contributed by atoms with Gasteiger partial charge in [-0.1, -0.05) is 19.1 Å². The molecule has 1 atom stereocenters. The summed E-state index contributed by atoms with van der Waals surface area (Å²) >= 11 is 0. The second kappa shape index (κ2) is 5.79. The van der Waals surface area contributed by atoms with Crippen LogP contribution in [0.4, 0.5) is 0 Å². The molecule has 0 aromatic rings. The van der Waals surface area contributed by atoms with E-state index < -0.39 is 0 Å². The van der Waals surface area contributed by atoms with Gasteiger partial charge in [-0.15, -0.1) is 0 Å². The third kappa shape index (κ3) is 5.53. The van der Waals surface area contributed by atoms with Crippen LogP contribution in [0.3, 0.4) is 0 Å². The van der Waals surface area contributed by atoms with Crippen molar-refractivity contribution in [2.45, 2.75) is 20.0 Å². The minimum atomic E-state index is -0.324. The number of hydrogen-bond donors (Lipinski definition) is 2. The van der Waals surface area contributed by atoms with Crippen LogP contribution in [0.25, 0.3) is 0 Å². The molecule has 0 saturated heterocycles. The smallest absolute Gasteiger partial charge is 0.0845 e. The van der Waals surface area contributed by atoms with Gasteiger partial charge in [-0.25, -0.2) is 0 Å². The summed E-state index contributed by atoms with van der Waals surface area (Å²) < 4.78 is 0. The minimum absolute atomic E-state index is 0.324. The van der Waals surface area contributed by atoms with Crippen molar-refractivity contribution < 1.29 is 5.11 Å². The van der Waals surface area contributed by atoms with Crippen LogP contribution in [0.1, 0.15) is 13.8 Å². The van der Waals surface area contributed by atoms with Gasteiger partial charge in [-0.05, 0) is 13.5 Å². The van der Waals surface area contributed by atoms with Crippen molar-refractivity contribution >= 4 is 0 Å². The Morgan fingerprint density at radius 3 is 2.78 bits per heavy atom. The number of allylic oxidation sites excluding steroid dienone is 1. The summed E-state index contributed by atoms with van der Waals surface area (Å²) in [6.45, 7) is 5.48. The molecular formula is C7H15NO. The van der Waals surface area contributed by atoms with E-state index in [1.165, 1.54) is 0 Å². The fourth-order valence-electron chi connectivity index (χ4n) is 0.582. The van der Waals surface area contributed by atoms with E-state index in [1.54, 1.807) is 6.08 Å². The molecule has 2 N–H and O–H groups in total. The first kappa shape index (κ1) is 8.66. The van der Waals surface area contributed by atoms with E-state index in [-0.39, 0.29) is 6.10 Å². The molecular weight excluding hydrogens is 114 g/mol. The molecule has 54 valence electrons. The van der Waals surface area contributed by atoms with Crippen molar-refractivity contribution in [1.29, 1.82) is 0 Å². The predicted molar refractivity (Wildman–Crippen MR) is 39.4 cm³/mol. The van der Waals surface area contributed by atoms with Crippen LogP contribution < -0.4 is 5.32 Å². The van der Waals surface area contributed by atoms with Crippen LogP contribution in [0.2, 0.25) is 0 Å². The van der Waals surface area contributed by atoms with Crippen molar-refractivity contribution in [2.75, 3.05) is 13.1 Å². The van der Waals surface area contributed by atoms with Crippen LogP contribution >= 0.6 is 0 Å². The predicted octanol–water partition coefficient (Wildman–Crippen LogP) is 0.533. The SMILES string of the molecule is C/C=C/C(O)CNCC. The van der Waals surface area contributed by atoms with Crippen molar-refractivity contribution in [2.24, 2.45) is 0 Å². The maximum atomic E-state index is 9.03. The summed E-state index contributed by atoms with van der Waals surface area (Å²) in [6.07, 6.45) is 3.29. The van der Waals surface area contributed by atoms with E-state index in [4.69, 9.17) is 5.11 Å². The molecule has 0 fully saturated rings. The first-order valence-electron chi connectivity index (χ1n) is 3.32. The lowest BCUT2D eigenvalue weighted by Gasteiger charge is -2.03. The number of nitrogens with one attached hydrogen (secondary N) is 1. The number of aliphatic hydroxyl groups is 1. The number of aliphatic hydroxyl groups excluding tert-OH is 1. The number of hydrogen-bond acceptors (Lipinski definition) is 2. The molecule has 9 heavy (non-hydrogen) atoms. The molecule has 0 radical (unpaired) electrons. The van der Waals surface area contributed by atoms with E-state index in [1.807, 2.05) is 19.9 Å². The van der Waals surface area contributed by atoms with Gasteiger partial charge in [0.2, 0.25) is 0 Å². The summed E-state index contributed by atoms with van der Waals surface area (Å²) in [7, 11) is 0. The monoisotopic (exact) mass is 129 g/mol. The maximum Gasteiger partial charge on any atom is 0.0845 e. The Morgan fingerprint density at radius 1 is 1.67 bits per heavy atom. The molecule has 2 nitrogen and oxygen atoms in total. The molecule has 1 unspecified atom stereocenters. The van der Waals surface area contributed by atoms with Gasteiger partial charge in [0.1, 0.15) is 0 Å². The highest BCUT2D eigenvalue weighted by atomic mass is 16.3. The Labute approximate surface area is 56.6 Å². The third-order valence-corrected chi connectivity index (χ3v) is 1.02. The van der Waals surface area contributed by atoms with Gasteiger partial charge in [0.25, 0.3) is 0 Å². The van der Waals surface area contributed by atoms with Crippen molar-refractivity contribution in [3.8, 4) is 0 Å². The van der Waals surface area contributed by atoms with Gasteiger partial charge in [0.05, 0.1) is 6.10 Å². The van der Waals surface area contributed by atoms with Crippen molar-refractivity contribution in [1.82, 2.24) is 5.32 Å². The van der Waals surface area contributed by atoms with Crippen LogP contribution in [0, 0.1) is 0 Å². The summed E-state index contributed by atoms with van der Waals surface area (Å²) in [5.41, 5.74) is 0. The largest absolute Gasteiger partial charge is 0.388 e. The first-order valence-corrected chi connectivity index (χ1v) is 3.32. The van der Waals surface area contributed by atoms with Crippen LogP contribution in [-0.4, -0.2) is 24.3 Å². The van der Waals surface area contributed by atoms with Crippen molar-refractivity contribution in [3.05, 3.63) is 12.2 Å². The Morgan fingerprint density at radius 2 is 2.33 bits per heavy atom. The Hall–Kier alpha value is -0.340. The number of likely N-dealkylation sites (N-methyl/N-ethyl adjacent to an activating group) is 1. The second-order valence-corrected chi connectivity index (χ2v) is 1.90. The van der Waals surface area contributed by atoms with Gasteiger partial charge in [0.15, 0.2) is 0 Å². The van der Waals surface area contributed by atoms with E-state index in [0.29, 0.717) is 6.54 Å². The topological polar surface area (TPSA) is 32.3 Å². The summed E-state index contributed by atoms with van der Waals surface area (Å²) in [5.74, 6) is 0. The lowest BCUT2D eigenvalue weighted by molar-refractivity contribution is 0.220. The van der Waals surface area contributed by atoms with Gasteiger partial charge >= 0.3 is 0 Å². The average molecular weight is 129 g/mol. The van der Waals surface area contributed by atoms with Crippen LogP contribution in [0.5, 0.6) is 0 Å². The molecule has 0 rings (SSSR count). The standard InChI is InChI=1S/C7H15NO/c1-3-5-7(9)6-8-4-2/h3,5,7-9H,4,6H2,1-2H3/b5-3+. The molecule has 0 aliphatic heterocycles. The second-order valence-electron chi connectivity index (χ2n) is 1.90. The summed E-state index contributed by atoms with van der Waals surface area (Å²) in [6, 6.07) is 0. The zero-order valence-corrected chi connectivity index (χ0v) is 6.09. The van der Waals surface area contributed by atoms with E-state index >= 15 is 0 Å². The highest BCUT2D eigenvalue weighted by molar-refractivity contribution is 4.86. The Bertz CT molecular complexity index is 81.0. The molecule has 0 amide bonds. The molecule has 0 heterocycles.